The molecule has 0 aliphatic rings. The van der Waals surface area contributed by atoms with Crippen molar-refractivity contribution < 1.29 is 0 Å². The van der Waals surface area contributed by atoms with Crippen molar-refractivity contribution in [1.82, 2.24) is 5.32 Å². The van der Waals surface area contributed by atoms with Crippen LogP contribution in [0.5, 0.6) is 0 Å². The van der Waals surface area contributed by atoms with Gasteiger partial charge in [0.05, 0.1) is 11.3 Å². The first-order valence-corrected chi connectivity index (χ1v) is 7.76. The first-order chi connectivity index (χ1) is 9.76. The summed E-state index contributed by atoms with van der Waals surface area (Å²) in [4.78, 5) is 2.19. The first-order valence-electron chi connectivity index (χ1n) is 7.76. The second kappa shape index (κ2) is 7.47. The number of nitriles is 1. The highest BCUT2D eigenvalue weighted by Crippen LogP contribution is 2.22. The molecule has 0 aliphatic carbocycles. The van der Waals surface area contributed by atoms with Gasteiger partial charge in [0.1, 0.15) is 6.07 Å². The fourth-order valence-corrected chi connectivity index (χ4v) is 2.18. The molecule has 0 heterocycles. The number of benzene rings is 1. The molecule has 1 N–H and O–H groups in total. The fourth-order valence-electron chi connectivity index (χ4n) is 2.18. The summed E-state index contributed by atoms with van der Waals surface area (Å²) < 4.78 is 0. The van der Waals surface area contributed by atoms with E-state index in [1.165, 1.54) is 0 Å². The van der Waals surface area contributed by atoms with Gasteiger partial charge in [0.15, 0.2) is 0 Å². The molecule has 116 valence electrons. The molecule has 0 saturated heterocycles. The lowest BCUT2D eigenvalue weighted by Gasteiger charge is -2.25. The molecule has 1 atom stereocenters. The molecule has 0 radical (unpaired) electrons. The van der Waals surface area contributed by atoms with E-state index in [4.69, 9.17) is 0 Å². The van der Waals surface area contributed by atoms with E-state index in [1.807, 2.05) is 6.07 Å². The smallest absolute Gasteiger partial charge is 0.101 e. The van der Waals surface area contributed by atoms with Crippen LogP contribution in [-0.2, 0) is 6.54 Å². The number of anilines is 1. The molecular weight excluding hydrogens is 258 g/mol. The highest BCUT2D eigenvalue weighted by molar-refractivity contribution is 5.60. The van der Waals surface area contributed by atoms with Crippen molar-refractivity contribution in [3.8, 4) is 6.07 Å². The molecule has 0 amide bonds. The summed E-state index contributed by atoms with van der Waals surface area (Å²) in [5.74, 6) is 0.628. The minimum Gasteiger partial charge on any atom is -0.373 e. The second-order valence-electron chi connectivity index (χ2n) is 6.96. The number of hydrogen-bond acceptors (Lipinski definition) is 3. The Morgan fingerprint density at radius 2 is 2.00 bits per heavy atom. The van der Waals surface area contributed by atoms with Crippen molar-refractivity contribution in [1.29, 1.82) is 5.26 Å². The Balaban J connectivity index is 2.87. The molecule has 21 heavy (non-hydrogen) atoms. The molecule has 0 saturated carbocycles. The van der Waals surface area contributed by atoms with Gasteiger partial charge in [-0.3, -0.25) is 0 Å². The molecule has 0 spiro atoms. The van der Waals surface area contributed by atoms with Crippen LogP contribution >= 0.6 is 0 Å². The lowest BCUT2D eigenvalue weighted by Crippen LogP contribution is -2.35. The molecule has 3 nitrogen and oxygen atoms in total. The molecule has 0 aliphatic heterocycles. The van der Waals surface area contributed by atoms with Crippen LogP contribution in [0.3, 0.4) is 0 Å². The summed E-state index contributed by atoms with van der Waals surface area (Å²) in [6, 6.07) is 8.52. The van der Waals surface area contributed by atoms with Crippen molar-refractivity contribution in [3.63, 3.8) is 0 Å². The van der Waals surface area contributed by atoms with Gasteiger partial charge in [-0.2, -0.15) is 5.26 Å². The van der Waals surface area contributed by atoms with E-state index in [2.05, 4.69) is 70.1 Å². The summed E-state index contributed by atoms with van der Waals surface area (Å²) in [7, 11) is 2.06. The van der Waals surface area contributed by atoms with E-state index in [0.717, 1.165) is 36.3 Å². The average Bonchev–Trinajstić information content (AvgIpc) is 2.43. The van der Waals surface area contributed by atoms with Crippen molar-refractivity contribution in [2.24, 2.45) is 5.92 Å². The van der Waals surface area contributed by atoms with Gasteiger partial charge >= 0.3 is 0 Å². The van der Waals surface area contributed by atoms with Gasteiger partial charge < -0.3 is 10.2 Å². The third kappa shape index (κ3) is 5.77. The van der Waals surface area contributed by atoms with E-state index in [0.29, 0.717) is 5.92 Å². The van der Waals surface area contributed by atoms with Crippen LogP contribution in [-0.4, -0.2) is 19.1 Å². The van der Waals surface area contributed by atoms with Gasteiger partial charge in [0.2, 0.25) is 0 Å². The zero-order valence-electron chi connectivity index (χ0n) is 14.3. The molecular formula is C18H29N3. The Kier molecular flexibility index (Phi) is 6.23. The van der Waals surface area contributed by atoms with E-state index in [9.17, 15) is 5.26 Å². The van der Waals surface area contributed by atoms with E-state index in [1.54, 1.807) is 0 Å². The van der Waals surface area contributed by atoms with Crippen LogP contribution in [0.1, 0.15) is 52.2 Å². The van der Waals surface area contributed by atoms with Gasteiger partial charge in [-0.1, -0.05) is 26.3 Å². The lowest BCUT2D eigenvalue weighted by atomic mass is 10.0. The van der Waals surface area contributed by atoms with Crippen LogP contribution in [0.2, 0.25) is 0 Å². The normalized spacial score (nSPS) is 12.8. The minimum absolute atomic E-state index is 0.0822. The fraction of sp³-hybridized carbons (Fsp3) is 0.611. The highest BCUT2D eigenvalue weighted by atomic mass is 15.1. The Bertz CT molecular complexity index is 494. The van der Waals surface area contributed by atoms with Gasteiger partial charge in [-0.25, -0.2) is 0 Å². The van der Waals surface area contributed by atoms with E-state index >= 15 is 0 Å². The van der Waals surface area contributed by atoms with E-state index < -0.39 is 0 Å². The first kappa shape index (κ1) is 17.5. The molecule has 1 aromatic carbocycles. The maximum absolute atomic E-state index is 9.41. The molecule has 0 aromatic heterocycles. The largest absolute Gasteiger partial charge is 0.373 e. The number of nitrogens with zero attached hydrogens (tertiary/aromatic N) is 2. The zero-order chi connectivity index (χ0) is 16.0. The van der Waals surface area contributed by atoms with Gasteiger partial charge in [0, 0.05) is 25.7 Å². The van der Waals surface area contributed by atoms with Gasteiger partial charge in [-0.05, 0) is 44.4 Å². The quantitative estimate of drug-likeness (QED) is 0.861. The second-order valence-corrected chi connectivity index (χ2v) is 6.96. The van der Waals surface area contributed by atoms with Crippen LogP contribution < -0.4 is 10.2 Å². The maximum atomic E-state index is 9.41. The highest BCUT2D eigenvalue weighted by Gasteiger charge is 2.12. The number of hydrogen-bond donors (Lipinski definition) is 1. The average molecular weight is 287 g/mol. The topological polar surface area (TPSA) is 39.1 Å². The molecule has 1 unspecified atom stereocenters. The minimum atomic E-state index is 0.0822. The number of rotatable bonds is 6. The van der Waals surface area contributed by atoms with Crippen molar-refractivity contribution >= 4 is 5.69 Å². The van der Waals surface area contributed by atoms with Crippen LogP contribution in [0, 0.1) is 17.2 Å². The third-order valence-electron chi connectivity index (χ3n) is 3.70. The van der Waals surface area contributed by atoms with Gasteiger partial charge in [-0.15, -0.1) is 0 Å². The predicted octanol–water partition coefficient (Wildman–Crippen LogP) is 3.93. The summed E-state index contributed by atoms with van der Waals surface area (Å²) in [6.07, 6.45) is 1.15. The third-order valence-corrected chi connectivity index (χ3v) is 3.70. The van der Waals surface area contributed by atoms with Crippen molar-refractivity contribution in [3.05, 3.63) is 29.3 Å². The summed E-state index contributed by atoms with van der Waals surface area (Å²) in [6.45, 7) is 12.6. The summed E-state index contributed by atoms with van der Waals surface area (Å²) in [5.41, 5.74) is 3.02. The Morgan fingerprint density at radius 3 is 2.52 bits per heavy atom. The lowest BCUT2D eigenvalue weighted by molar-refractivity contribution is 0.424. The molecule has 1 aromatic rings. The summed E-state index contributed by atoms with van der Waals surface area (Å²) in [5, 5.41) is 12.9. The summed E-state index contributed by atoms with van der Waals surface area (Å²) >= 11 is 0. The van der Waals surface area contributed by atoms with Crippen molar-refractivity contribution in [2.45, 2.75) is 53.1 Å². The van der Waals surface area contributed by atoms with Crippen molar-refractivity contribution in [2.75, 3.05) is 18.5 Å². The van der Waals surface area contributed by atoms with Gasteiger partial charge in [0.25, 0.3) is 0 Å². The van der Waals surface area contributed by atoms with Crippen LogP contribution in [0.15, 0.2) is 18.2 Å². The maximum Gasteiger partial charge on any atom is 0.101 e. The molecule has 0 fully saturated rings. The SMILES string of the molecule is CCC(C)CN(C)c1ccc(CNC(C)(C)C)cc1C#N. The van der Waals surface area contributed by atoms with E-state index in [-0.39, 0.29) is 5.54 Å². The van der Waals surface area contributed by atoms with Crippen LogP contribution in [0.25, 0.3) is 0 Å². The predicted molar refractivity (Wildman–Crippen MR) is 90.5 cm³/mol. The monoisotopic (exact) mass is 287 g/mol. The molecule has 3 heteroatoms. The zero-order valence-corrected chi connectivity index (χ0v) is 14.3. The Labute approximate surface area is 130 Å². The molecule has 1 rings (SSSR count). The number of nitrogens with one attached hydrogen (secondary N) is 1. The Morgan fingerprint density at radius 1 is 1.33 bits per heavy atom. The standard InChI is InChI=1S/C18H29N3/c1-7-14(2)13-21(6)17-9-8-15(10-16(17)11-19)12-20-18(3,4)5/h8-10,14,20H,7,12-13H2,1-6H3. The Hall–Kier alpha value is -1.53. The molecule has 0 bridgehead atoms. The van der Waals surface area contributed by atoms with Crippen LogP contribution in [0.4, 0.5) is 5.69 Å².